The van der Waals surface area contributed by atoms with Crippen LogP contribution in [0.3, 0.4) is 0 Å². The molecule has 1 N–H and O–H groups in total. The second-order valence-corrected chi connectivity index (χ2v) is 8.88. The number of carbonyl (C=O) groups is 1. The molecule has 7 heteroatoms. The van der Waals surface area contributed by atoms with E-state index in [1.165, 1.54) is 5.56 Å². The van der Waals surface area contributed by atoms with Crippen LogP contribution in [0.1, 0.15) is 39.8 Å². The highest BCUT2D eigenvalue weighted by molar-refractivity contribution is 5.94. The smallest absolute Gasteiger partial charge is 0.272 e. The van der Waals surface area contributed by atoms with E-state index in [4.69, 9.17) is 9.47 Å². The van der Waals surface area contributed by atoms with Gasteiger partial charge < -0.3 is 14.8 Å². The molecule has 7 nitrogen and oxygen atoms in total. The summed E-state index contributed by atoms with van der Waals surface area (Å²) in [5.74, 6) is 1.33. The number of rotatable bonds is 10. The lowest BCUT2D eigenvalue weighted by molar-refractivity contribution is 0.0941. The fourth-order valence-electron chi connectivity index (χ4n) is 4.68. The number of hydrogen-bond acceptors (Lipinski definition) is 5. The van der Waals surface area contributed by atoms with Gasteiger partial charge in [0.1, 0.15) is 0 Å². The predicted molar refractivity (Wildman–Crippen MR) is 137 cm³/mol. The highest BCUT2D eigenvalue weighted by Gasteiger charge is 2.29. The molecule has 1 atom stereocenters. The van der Waals surface area contributed by atoms with E-state index in [2.05, 4.69) is 34.9 Å². The molecule has 0 radical (unpaired) electrons. The van der Waals surface area contributed by atoms with Crippen molar-refractivity contribution < 1.29 is 14.3 Å². The first kappa shape index (κ1) is 24.5. The minimum Gasteiger partial charge on any atom is -0.493 e. The lowest BCUT2D eigenvalue weighted by Crippen LogP contribution is -2.39. The second-order valence-electron chi connectivity index (χ2n) is 8.88. The van der Waals surface area contributed by atoms with E-state index in [1.54, 1.807) is 14.2 Å². The van der Waals surface area contributed by atoms with E-state index >= 15 is 0 Å². The lowest BCUT2D eigenvalue weighted by Gasteiger charge is -2.33. The average molecular weight is 475 g/mol. The summed E-state index contributed by atoms with van der Waals surface area (Å²) in [4.78, 5) is 15.6. The Kier molecular flexibility index (Phi) is 7.87. The van der Waals surface area contributed by atoms with Gasteiger partial charge in [0.15, 0.2) is 17.2 Å². The fraction of sp³-hybridized carbons (Fsp3) is 0.357. The summed E-state index contributed by atoms with van der Waals surface area (Å²) < 4.78 is 12.8. The minimum absolute atomic E-state index is 0.137. The van der Waals surface area contributed by atoms with Crippen LogP contribution in [0, 0.1) is 0 Å². The molecule has 184 valence electrons. The van der Waals surface area contributed by atoms with E-state index in [9.17, 15) is 4.79 Å². The SMILES string of the molecule is C=CCn1nc(C(=O)NCc2ccccc2)c2c1CCN(C(C)Cc1ccc(OC)c(OC)c1)C2. The van der Waals surface area contributed by atoms with Gasteiger partial charge in [0.2, 0.25) is 0 Å². The highest BCUT2D eigenvalue weighted by Crippen LogP contribution is 2.30. The van der Waals surface area contributed by atoms with Crippen LogP contribution in [0.2, 0.25) is 0 Å². The minimum atomic E-state index is -0.137. The third-order valence-corrected chi connectivity index (χ3v) is 6.58. The zero-order valence-electron chi connectivity index (χ0n) is 20.8. The average Bonchev–Trinajstić information content (AvgIpc) is 3.25. The van der Waals surface area contributed by atoms with Crippen LogP contribution in [0.4, 0.5) is 0 Å². The van der Waals surface area contributed by atoms with E-state index in [0.29, 0.717) is 25.3 Å². The van der Waals surface area contributed by atoms with Gasteiger partial charge in [0.05, 0.1) is 20.8 Å². The first-order valence-electron chi connectivity index (χ1n) is 12.0. The number of fused-ring (bicyclic) bond motifs is 1. The van der Waals surface area contributed by atoms with E-state index in [0.717, 1.165) is 47.7 Å². The van der Waals surface area contributed by atoms with Crippen LogP contribution < -0.4 is 14.8 Å². The summed E-state index contributed by atoms with van der Waals surface area (Å²) in [5, 5.41) is 7.73. The normalized spacial score (nSPS) is 14.1. The molecule has 2 aromatic carbocycles. The molecule has 4 rings (SSSR count). The fourth-order valence-corrected chi connectivity index (χ4v) is 4.68. The monoisotopic (exact) mass is 474 g/mol. The Bertz CT molecular complexity index is 1170. The standard InChI is InChI=1S/C28H34N4O3/c1-5-14-32-24-13-15-31(20(2)16-22-11-12-25(34-3)26(17-22)35-4)19-23(24)27(30-32)28(33)29-18-21-9-7-6-8-10-21/h5-12,17,20H,1,13-16,18-19H2,2-4H3,(H,29,33). The molecule has 0 spiro atoms. The third-order valence-electron chi connectivity index (χ3n) is 6.58. The van der Waals surface area contributed by atoms with Crippen molar-refractivity contribution in [2.75, 3.05) is 20.8 Å². The maximum atomic E-state index is 13.1. The number of ether oxygens (including phenoxy) is 2. The van der Waals surface area contributed by atoms with Crippen molar-refractivity contribution in [2.24, 2.45) is 0 Å². The molecule has 1 aliphatic heterocycles. The number of methoxy groups -OCH3 is 2. The van der Waals surface area contributed by atoms with E-state index in [-0.39, 0.29) is 11.9 Å². The summed E-state index contributed by atoms with van der Waals surface area (Å²) in [6, 6.07) is 16.3. The Morgan fingerprint density at radius 3 is 2.63 bits per heavy atom. The highest BCUT2D eigenvalue weighted by atomic mass is 16.5. The van der Waals surface area contributed by atoms with Crippen LogP contribution in [-0.4, -0.2) is 47.4 Å². The Morgan fingerprint density at radius 2 is 1.91 bits per heavy atom. The first-order valence-corrected chi connectivity index (χ1v) is 12.0. The molecule has 0 saturated heterocycles. The molecule has 0 fully saturated rings. The number of carbonyl (C=O) groups excluding carboxylic acids is 1. The van der Waals surface area contributed by atoms with Gasteiger partial charge in [-0.3, -0.25) is 14.4 Å². The molecule has 1 amide bonds. The van der Waals surface area contributed by atoms with Crippen molar-refractivity contribution >= 4 is 5.91 Å². The summed E-state index contributed by atoms with van der Waals surface area (Å²) in [6.45, 7) is 8.76. The van der Waals surface area contributed by atoms with Crippen LogP contribution >= 0.6 is 0 Å². The summed E-state index contributed by atoms with van der Waals surface area (Å²) >= 11 is 0. The number of hydrogen-bond donors (Lipinski definition) is 1. The zero-order valence-corrected chi connectivity index (χ0v) is 20.8. The van der Waals surface area contributed by atoms with Gasteiger partial charge in [-0.05, 0) is 36.6 Å². The van der Waals surface area contributed by atoms with Gasteiger partial charge in [-0.1, -0.05) is 42.5 Å². The molecule has 1 aromatic heterocycles. The molecular formula is C28H34N4O3. The van der Waals surface area contributed by atoms with Gasteiger partial charge in [-0.25, -0.2) is 0 Å². The van der Waals surface area contributed by atoms with Crippen molar-refractivity contribution in [2.45, 2.75) is 45.4 Å². The number of amides is 1. The molecule has 3 aromatic rings. The predicted octanol–water partition coefficient (Wildman–Crippen LogP) is 4.01. The Balaban J connectivity index is 1.50. The van der Waals surface area contributed by atoms with Gasteiger partial charge in [-0.2, -0.15) is 5.10 Å². The topological polar surface area (TPSA) is 68.6 Å². The number of nitrogens with one attached hydrogen (secondary N) is 1. The molecule has 0 aliphatic carbocycles. The van der Waals surface area contributed by atoms with Gasteiger partial charge in [0.25, 0.3) is 5.91 Å². The van der Waals surface area contributed by atoms with Gasteiger partial charge in [0, 0.05) is 43.4 Å². The largest absolute Gasteiger partial charge is 0.493 e. The van der Waals surface area contributed by atoms with Crippen LogP contribution in [-0.2, 0) is 32.5 Å². The van der Waals surface area contributed by atoms with Crippen molar-refractivity contribution in [3.05, 3.63) is 89.3 Å². The molecule has 1 aliphatic rings. The summed E-state index contributed by atoms with van der Waals surface area (Å²) in [5.41, 5.74) is 4.91. The molecule has 0 saturated carbocycles. The number of allylic oxidation sites excluding steroid dienone is 1. The quantitative estimate of drug-likeness (QED) is 0.450. The van der Waals surface area contributed by atoms with Gasteiger partial charge >= 0.3 is 0 Å². The lowest BCUT2D eigenvalue weighted by atomic mass is 9.99. The number of benzene rings is 2. The maximum absolute atomic E-state index is 13.1. The Hall–Kier alpha value is -3.58. The summed E-state index contributed by atoms with van der Waals surface area (Å²) in [7, 11) is 3.30. The molecule has 35 heavy (non-hydrogen) atoms. The first-order chi connectivity index (χ1) is 17.0. The van der Waals surface area contributed by atoms with Crippen molar-refractivity contribution in [1.29, 1.82) is 0 Å². The third kappa shape index (κ3) is 5.57. The molecule has 0 bridgehead atoms. The second kappa shape index (κ2) is 11.2. The molecular weight excluding hydrogens is 440 g/mol. The van der Waals surface area contributed by atoms with E-state index < -0.39 is 0 Å². The zero-order chi connectivity index (χ0) is 24.8. The number of nitrogens with zero attached hydrogens (tertiary/aromatic N) is 3. The Morgan fingerprint density at radius 1 is 1.14 bits per heavy atom. The Labute approximate surface area is 207 Å². The van der Waals surface area contributed by atoms with Crippen molar-refractivity contribution in [3.8, 4) is 11.5 Å². The molecule has 2 heterocycles. The summed E-state index contributed by atoms with van der Waals surface area (Å²) in [6.07, 6.45) is 3.54. The molecule has 1 unspecified atom stereocenters. The van der Waals surface area contributed by atoms with Crippen LogP contribution in [0.5, 0.6) is 11.5 Å². The maximum Gasteiger partial charge on any atom is 0.272 e. The van der Waals surface area contributed by atoms with Crippen LogP contribution in [0.25, 0.3) is 0 Å². The number of aromatic nitrogens is 2. The van der Waals surface area contributed by atoms with Crippen LogP contribution in [0.15, 0.2) is 61.2 Å². The van der Waals surface area contributed by atoms with Gasteiger partial charge in [-0.15, -0.1) is 6.58 Å². The van der Waals surface area contributed by atoms with Crippen molar-refractivity contribution in [1.82, 2.24) is 20.0 Å². The van der Waals surface area contributed by atoms with Crippen molar-refractivity contribution in [3.63, 3.8) is 0 Å². The van der Waals surface area contributed by atoms with E-state index in [1.807, 2.05) is 53.2 Å².